The third kappa shape index (κ3) is 1.92. The van der Waals surface area contributed by atoms with Crippen molar-refractivity contribution in [1.82, 2.24) is 19.3 Å². The largest absolute Gasteiger partial charge is 0.464 e. The molecule has 0 atom stereocenters. The summed E-state index contributed by atoms with van der Waals surface area (Å²) in [7, 11) is 0. The minimum Gasteiger partial charge on any atom is -0.464 e. The van der Waals surface area contributed by atoms with E-state index in [4.69, 9.17) is 16.6 Å². The Balaban J connectivity index is 2.17. The van der Waals surface area contributed by atoms with Crippen LogP contribution >= 0.6 is 12.2 Å². The Morgan fingerprint density at radius 3 is 2.79 bits per heavy atom. The second-order valence-corrected chi connectivity index (χ2v) is 5.02. The zero-order valence-corrected chi connectivity index (χ0v) is 12.0. The molecule has 3 aromatic rings. The molecule has 0 aliphatic carbocycles. The molecule has 0 fully saturated rings. The molecule has 19 heavy (non-hydrogen) atoms. The van der Waals surface area contributed by atoms with E-state index in [-0.39, 0.29) is 0 Å². The highest BCUT2D eigenvalue weighted by Crippen LogP contribution is 2.20. The third-order valence-electron chi connectivity index (χ3n) is 3.24. The van der Waals surface area contributed by atoms with Crippen LogP contribution in [0.25, 0.3) is 11.2 Å². The first kappa shape index (κ1) is 12.2. The highest BCUT2D eigenvalue weighted by Gasteiger charge is 2.14. The van der Waals surface area contributed by atoms with E-state index in [0.29, 0.717) is 11.3 Å². The van der Waals surface area contributed by atoms with Crippen molar-refractivity contribution < 1.29 is 4.42 Å². The first-order chi connectivity index (χ1) is 9.10. The third-order valence-corrected chi connectivity index (χ3v) is 3.57. The van der Waals surface area contributed by atoms with Crippen molar-refractivity contribution in [2.45, 2.75) is 33.9 Å². The van der Waals surface area contributed by atoms with Gasteiger partial charge in [0.15, 0.2) is 10.4 Å². The average Bonchev–Trinajstić information content (AvgIpc) is 3.00. The van der Waals surface area contributed by atoms with Gasteiger partial charge in [-0.05, 0) is 45.1 Å². The summed E-state index contributed by atoms with van der Waals surface area (Å²) < 4.78 is 10.3. The van der Waals surface area contributed by atoms with Crippen molar-refractivity contribution in [1.29, 1.82) is 0 Å². The van der Waals surface area contributed by atoms with Crippen molar-refractivity contribution in [3.8, 4) is 0 Å². The molecule has 0 unspecified atom stereocenters. The average molecular weight is 276 g/mol. The van der Waals surface area contributed by atoms with Crippen molar-refractivity contribution in [3.05, 3.63) is 34.1 Å². The van der Waals surface area contributed by atoms with Crippen molar-refractivity contribution in [2.24, 2.45) is 0 Å². The number of H-pyrrole nitrogens is 1. The smallest absolute Gasteiger partial charge is 0.179 e. The molecule has 5 nitrogen and oxygen atoms in total. The van der Waals surface area contributed by atoms with E-state index in [1.54, 1.807) is 0 Å². The van der Waals surface area contributed by atoms with Crippen LogP contribution in [0.1, 0.15) is 24.1 Å². The van der Waals surface area contributed by atoms with E-state index in [9.17, 15) is 0 Å². The molecule has 0 spiro atoms. The van der Waals surface area contributed by atoms with Crippen LogP contribution in [-0.2, 0) is 13.1 Å². The van der Waals surface area contributed by atoms with Gasteiger partial charge in [0, 0.05) is 6.54 Å². The summed E-state index contributed by atoms with van der Waals surface area (Å²) in [5.74, 6) is 1.81. The Labute approximate surface area is 115 Å². The zero-order chi connectivity index (χ0) is 13.6. The Hall–Kier alpha value is -1.82. The summed E-state index contributed by atoms with van der Waals surface area (Å²) in [4.78, 5) is 3.23. The monoisotopic (exact) mass is 276 g/mol. The molecular formula is C13H16N4OS. The van der Waals surface area contributed by atoms with Crippen LogP contribution in [0.3, 0.4) is 0 Å². The minimum absolute atomic E-state index is 0.623. The van der Waals surface area contributed by atoms with Gasteiger partial charge in [0.2, 0.25) is 0 Å². The molecule has 1 N–H and O–H groups in total. The normalized spacial score (nSPS) is 11.5. The molecule has 6 heteroatoms. The number of aromatic nitrogens is 4. The molecule has 0 saturated heterocycles. The summed E-state index contributed by atoms with van der Waals surface area (Å²) in [6.45, 7) is 7.44. The predicted molar refractivity (Wildman–Crippen MR) is 75.9 cm³/mol. The van der Waals surface area contributed by atoms with E-state index in [1.807, 2.05) is 35.2 Å². The predicted octanol–water partition coefficient (Wildman–Crippen LogP) is 3.17. The second kappa shape index (κ2) is 4.38. The van der Waals surface area contributed by atoms with E-state index in [0.717, 1.165) is 34.9 Å². The number of fused-ring (bicyclic) bond motifs is 1. The number of hydrogen-bond acceptors (Lipinski definition) is 3. The van der Waals surface area contributed by atoms with Crippen LogP contribution < -0.4 is 0 Å². The molecule has 0 aliphatic rings. The number of nitrogens with one attached hydrogen (secondary N) is 1. The van der Waals surface area contributed by atoms with Gasteiger partial charge in [-0.3, -0.25) is 4.57 Å². The quantitative estimate of drug-likeness (QED) is 0.747. The lowest BCUT2D eigenvalue weighted by Gasteiger charge is -2.04. The van der Waals surface area contributed by atoms with Gasteiger partial charge in [0.25, 0.3) is 0 Å². The maximum atomic E-state index is 5.63. The van der Waals surface area contributed by atoms with Crippen LogP contribution in [0, 0.1) is 18.6 Å². The van der Waals surface area contributed by atoms with Crippen LogP contribution in [-0.4, -0.2) is 19.3 Å². The Morgan fingerprint density at radius 2 is 2.16 bits per heavy atom. The highest BCUT2D eigenvalue weighted by molar-refractivity contribution is 7.71. The van der Waals surface area contributed by atoms with Crippen LogP contribution in [0.15, 0.2) is 16.5 Å². The summed E-state index contributed by atoms with van der Waals surface area (Å²) in [5, 5.41) is 4.50. The lowest BCUT2D eigenvalue weighted by molar-refractivity contribution is 0.469. The zero-order valence-electron chi connectivity index (χ0n) is 11.2. The van der Waals surface area contributed by atoms with Gasteiger partial charge in [0.05, 0.1) is 12.2 Å². The molecule has 0 radical (unpaired) electrons. The van der Waals surface area contributed by atoms with Gasteiger partial charge in [-0.1, -0.05) is 0 Å². The fourth-order valence-electron chi connectivity index (χ4n) is 2.35. The number of aryl methyl sites for hydroxylation is 3. The SMILES string of the molecule is CCn1nc(C)c2[nH]c(=S)n(Cc3ccc(C)o3)c21. The summed E-state index contributed by atoms with van der Waals surface area (Å²) in [5.41, 5.74) is 3.01. The lowest BCUT2D eigenvalue weighted by atomic mass is 10.4. The van der Waals surface area contributed by atoms with Gasteiger partial charge in [-0.15, -0.1) is 0 Å². The molecule has 0 bridgehead atoms. The Bertz CT molecular complexity index is 789. The molecular weight excluding hydrogens is 260 g/mol. The van der Waals surface area contributed by atoms with E-state index >= 15 is 0 Å². The summed E-state index contributed by atoms with van der Waals surface area (Å²) in [6.07, 6.45) is 0. The molecule has 0 amide bonds. The fourth-order valence-corrected chi connectivity index (χ4v) is 2.61. The Kier molecular flexibility index (Phi) is 2.82. The van der Waals surface area contributed by atoms with Crippen LogP contribution in [0.5, 0.6) is 0 Å². The molecule has 3 aromatic heterocycles. The van der Waals surface area contributed by atoms with E-state index in [2.05, 4.69) is 17.0 Å². The molecule has 0 aromatic carbocycles. The molecule has 3 heterocycles. The van der Waals surface area contributed by atoms with Crippen molar-refractivity contribution in [2.75, 3.05) is 0 Å². The minimum atomic E-state index is 0.623. The van der Waals surface area contributed by atoms with Crippen molar-refractivity contribution >= 4 is 23.4 Å². The van der Waals surface area contributed by atoms with E-state index < -0.39 is 0 Å². The number of imidazole rings is 1. The fraction of sp³-hybridized carbons (Fsp3) is 0.385. The van der Waals surface area contributed by atoms with Crippen LogP contribution in [0.2, 0.25) is 0 Å². The molecule has 0 aliphatic heterocycles. The maximum absolute atomic E-state index is 5.63. The topological polar surface area (TPSA) is 51.7 Å². The number of nitrogens with zero attached hydrogens (tertiary/aromatic N) is 3. The van der Waals surface area contributed by atoms with Crippen LogP contribution in [0.4, 0.5) is 0 Å². The molecule has 100 valence electrons. The molecule has 3 rings (SSSR count). The first-order valence-corrected chi connectivity index (χ1v) is 6.72. The lowest BCUT2D eigenvalue weighted by Crippen LogP contribution is -2.05. The number of rotatable bonds is 3. The van der Waals surface area contributed by atoms with Gasteiger partial charge in [0.1, 0.15) is 17.0 Å². The summed E-state index contributed by atoms with van der Waals surface area (Å²) in [6, 6.07) is 3.95. The van der Waals surface area contributed by atoms with Gasteiger partial charge < -0.3 is 9.40 Å². The summed E-state index contributed by atoms with van der Waals surface area (Å²) >= 11 is 5.40. The Morgan fingerprint density at radius 1 is 1.37 bits per heavy atom. The van der Waals surface area contributed by atoms with Gasteiger partial charge in [-0.25, -0.2) is 4.68 Å². The maximum Gasteiger partial charge on any atom is 0.179 e. The number of aromatic amines is 1. The van der Waals surface area contributed by atoms with Crippen molar-refractivity contribution in [3.63, 3.8) is 0 Å². The number of furan rings is 1. The first-order valence-electron chi connectivity index (χ1n) is 6.31. The highest BCUT2D eigenvalue weighted by atomic mass is 32.1. The van der Waals surface area contributed by atoms with E-state index in [1.165, 1.54) is 0 Å². The molecule has 0 saturated carbocycles. The van der Waals surface area contributed by atoms with Gasteiger partial charge in [-0.2, -0.15) is 5.10 Å². The standard InChI is InChI=1S/C13H16N4OS/c1-4-17-12-11(9(3)15-17)14-13(19)16(12)7-10-6-5-8(2)18-10/h5-6H,4,7H2,1-3H3,(H,14,19). The van der Waals surface area contributed by atoms with Gasteiger partial charge >= 0.3 is 0 Å². The second-order valence-electron chi connectivity index (χ2n) is 4.63. The number of hydrogen-bond donors (Lipinski definition) is 1.